The lowest BCUT2D eigenvalue weighted by Gasteiger charge is -2.01. The van der Waals surface area contributed by atoms with E-state index in [2.05, 4.69) is 4.99 Å². The van der Waals surface area contributed by atoms with Gasteiger partial charge in [0.05, 0.1) is 0 Å². The van der Waals surface area contributed by atoms with Crippen LogP contribution in [-0.4, -0.2) is 28.1 Å². The van der Waals surface area contributed by atoms with Gasteiger partial charge in [0.15, 0.2) is 11.5 Å². The molecule has 98 valence electrons. The van der Waals surface area contributed by atoms with Crippen LogP contribution in [0.4, 0.5) is 0 Å². The van der Waals surface area contributed by atoms with E-state index in [0.29, 0.717) is 13.0 Å². The summed E-state index contributed by atoms with van der Waals surface area (Å²) in [4.78, 5) is 4.27. The first-order valence-corrected chi connectivity index (χ1v) is 5.95. The normalized spacial score (nSPS) is 10.9. The first-order valence-electron chi connectivity index (χ1n) is 5.95. The maximum atomic E-state index is 9.35. The van der Waals surface area contributed by atoms with E-state index >= 15 is 0 Å². The highest BCUT2D eigenvalue weighted by molar-refractivity contribution is 5.79. The standard InChI is InChI=1S/C15H15NO3/c17-13-4-1-12(2-5-13)10-16-8-7-11-3-6-14(18)15(19)9-11/h1-6,9-10,17-19H,7-8H2. The number of hydrogen-bond donors (Lipinski definition) is 3. The summed E-state index contributed by atoms with van der Waals surface area (Å²) >= 11 is 0. The largest absolute Gasteiger partial charge is 0.508 e. The van der Waals surface area contributed by atoms with E-state index in [1.54, 1.807) is 36.5 Å². The third-order valence-electron chi connectivity index (χ3n) is 2.70. The van der Waals surface area contributed by atoms with Crippen LogP contribution >= 0.6 is 0 Å². The van der Waals surface area contributed by atoms with E-state index in [0.717, 1.165) is 11.1 Å². The molecule has 0 radical (unpaired) electrons. The number of aliphatic imine (C=N–C) groups is 1. The van der Waals surface area contributed by atoms with E-state index in [9.17, 15) is 10.2 Å². The van der Waals surface area contributed by atoms with E-state index in [-0.39, 0.29) is 17.2 Å². The first-order chi connectivity index (χ1) is 9.15. The van der Waals surface area contributed by atoms with Gasteiger partial charge >= 0.3 is 0 Å². The number of rotatable bonds is 4. The van der Waals surface area contributed by atoms with E-state index in [1.165, 1.54) is 12.1 Å². The zero-order valence-electron chi connectivity index (χ0n) is 10.3. The van der Waals surface area contributed by atoms with Crippen molar-refractivity contribution < 1.29 is 15.3 Å². The molecule has 19 heavy (non-hydrogen) atoms. The van der Waals surface area contributed by atoms with Crippen molar-refractivity contribution >= 4 is 6.21 Å². The summed E-state index contributed by atoms with van der Waals surface area (Å²) in [5, 5.41) is 27.7. The number of hydrogen-bond acceptors (Lipinski definition) is 4. The van der Waals surface area contributed by atoms with Gasteiger partial charge in [0, 0.05) is 12.8 Å². The lowest BCUT2D eigenvalue weighted by Crippen LogP contribution is -1.90. The maximum Gasteiger partial charge on any atom is 0.157 e. The van der Waals surface area contributed by atoms with Crippen LogP contribution in [-0.2, 0) is 6.42 Å². The molecule has 0 aliphatic heterocycles. The molecule has 0 unspecified atom stereocenters. The first kappa shape index (κ1) is 13.0. The van der Waals surface area contributed by atoms with Gasteiger partial charge in [-0.05, 0) is 53.9 Å². The molecular weight excluding hydrogens is 242 g/mol. The summed E-state index contributed by atoms with van der Waals surface area (Å²) in [5.74, 6) is 0.00748. The molecule has 0 saturated carbocycles. The molecule has 2 aromatic carbocycles. The van der Waals surface area contributed by atoms with Gasteiger partial charge in [-0.2, -0.15) is 0 Å². The molecule has 2 rings (SSSR count). The van der Waals surface area contributed by atoms with Gasteiger partial charge in [-0.3, -0.25) is 4.99 Å². The van der Waals surface area contributed by atoms with E-state index < -0.39 is 0 Å². The SMILES string of the molecule is Oc1ccc(C=NCCc2ccc(O)c(O)c2)cc1. The molecule has 0 aliphatic carbocycles. The highest BCUT2D eigenvalue weighted by Gasteiger charge is 1.99. The monoisotopic (exact) mass is 257 g/mol. The summed E-state index contributed by atoms with van der Waals surface area (Å²) in [5.41, 5.74) is 1.84. The minimum Gasteiger partial charge on any atom is -0.508 e. The number of nitrogens with zero attached hydrogens (tertiary/aromatic N) is 1. The average Bonchev–Trinajstić information content (AvgIpc) is 2.41. The maximum absolute atomic E-state index is 9.35. The second-order valence-electron chi connectivity index (χ2n) is 4.20. The van der Waals surface area contributed by atoms with Gasteiger partial charge in [-0.25, -0.2) is 0 Å². The van der Waals surface area contributed by atoms with Crippen LogP contribution in [0.1, 0.15) is 11.1 Å². The Balaban J connectivity index is 1.89. The van der Waals surface area contributed by atoms with Crippen molar-refractivity contribution in [2.24, 2.45) is 4.99 Å². The Bertz CT molecular complexity index is 576. The predicted octanol–water partition coefficient (Wildman–Crippen LogP) is 2.47. The van der Waals surface area contributed by atoms with Crippen molar-refractivity contribution in [3.63, 3.8) is 0 Å². The molecule has 0 bridgehead atoms. The fourth-order valence-electron chi connectivity index (χ4n) is 1.65. The van der Waals surface area contributed by atoms with Crippen LogP contribution in [0, 0.1) is 0 Å². The highest BCUT2D eigenvalue weighted by Crippen LogP contribution is 2.24. The highest BCUT2D eigenvalue weighted by atomic mass is 16.3. The van der Waals surface area contributed by atoms with E-state index in [1.807, 2.05) is 0 Å². The molecule has 4 nitrogen and oxygen atoms in total. The second kappa shape index (κ2) is 5.91. The van der Waals surface area contributed by atoms with Gasteiger partial charge in [0.25, 0.3) is 0 Å². The van der Waals surface area contributed by atoms with Crippen molar-refractivity contribution in [2.45, 2.75) is 6.42 Å². The summed E-state index contributed by atoms with van der Waals surface area (Å²) in [6.07, 6.45) is 2.42. The Kier molecular flexibility index (Phi) is 4.03. The van der Waals surface area contributed by atoms with Crippen LogP contribution in [0.3, 0.4) is 0 Å². The lowest BCUT2D eigenvalue weighted by molar-refractivity contribution is 0.403. The molecule has 4 heteroatoms. The van der Waals surface area contributed by atoms with Crippen LogP contribution in [0.5, 0.6) is 17.2 Å². The molecule has 2 aromatic rings. The van der Waals surface area contributed by atoms with Gasteiger partial charge in [-0.1, -0.05) is 6.07 Å². The van der Waals surface area contributed by atoms with Crippen LogP contribution in [0.25, 0.3) is 0 Å². The molecular formula is C15H15NO3. The minimum absolute atomic E-state index is 0.111. The Morgan fingerprint density at radius 1 is 0.895 bits per heavy atom. The quantitative estimate of drug-likeness (QED) is 0.582. The summed E-state index contributed by atoms with van der Waals surface area (Å²) in [6.45, 7) is 0.588. The molecule has 0 heterocycles. The molecule has 0 spiro atoms. The molecule has 0 saturated heterocycles. The van der Waals surface area contributed by atoms with Crippen molar-refractivity contribution in [2.75, 3.05) is 6.54 Å². The van der Waals surface area contributed by atoms with Gasteiger partial charge < -0.3 is 15.3 Å². The van der Waals surface area contributed by atoms with Crippen molar-refractivity contribution in [3.8, 4) is 17.2 Å². The van der Waals surface area contributed by atoms with Crippen molar-refractivity contribution in [1.29, 1.82) is 0 Å². The predicted molar refractivity (Wildman–Crippen MR) is 74.0 cm³/mol. The Morgan fingerprint density at radius 2 is 1.63 bits per heavy atom. The van der Waals surface area contributed by atoms with Gasteiger partial charge in [0.2, 0.25) is 0 Å². The second-order valence-corrected chi connectivity index (χ2v) is 4.20. The van der Waals surface area contributed by atoms with Crippen LogP contribution in [0.15, 0.2) is 47.5 Å². The molecule has 0 atom stereocenters. The molecule has 0 amide bonds. The minimum atomic E-state index is -0.114. The Hall–Kier alpha value is -2.49. The summed E-state index contributed by atoms with van der Waals surface area (Å²) in [6, 6.07) is 11.5. The molecule has 0 fully saturated rings. The topological polar surface area (TPSA) is 73.1 Å². The number of aromatic hydroxyl groups is 3. The molecule has 0 aromatic heterocycles. The molecule has 0 aliphatic rings. The third kappa shape index (κ3) is 3.74. The van der Waals surface area contributed by atoms with Crippen molar-refractivity contribution in [1.82, 2.24) is 0 Å². The van der Waals surface area contributed by atoms with E-state index in [4.69, 9.17) is 5.11 Å². The fourth-order valence-corrected chi connectivity index (χ4v) is 1.65. The summed E-state index contributed by atoms with van der Waals surface area (Å²) in [7, 11) is 0. The summed E-state index contributed by atoms with van der Waals surface area (Å²) < 4.78 is 0. The van der Waals surface area contributed by atoms with Crippen LogP contribution < -0.4 is 0 Å². The van der Waals surface area contributed by atoms with Gasteiger partial charge in [-0.15, -0.1) is 0 Å². The zero-order valence-corrected chi connectivity index (χ0v) is 10.3. The third-order valence-corrected chi connectivity index (χ3v) is 2.70. The number of phenolic OH excluding ortho intramolecular Hbond substituents is 3. The fraction of sp³-hybridized carbons (Fsp3) is 0.133. The van der Waals surface area contributed by atoms with Gasteiger partial charge in [0.1, 0.15) is 5.75 Å². The average molecular weight is 257 g/mol. The van der Waals surface area contributed by atoms with Crippen molar-refractivity contribution in [3.05, 3.63) is 53.6 Å². The van der Waals surface area contributed by atoms with Crippen LogP contribution in [0.2, 0.25) is 0 Å². The Labute approximate surface area is 111 Å². The number of phenols is 3. The number of benzene rings is 2. The smallest absolute Gasteiger partial charge is 0.157 e. The molecule has 3 N–H and O–H groups in total. The lowest BCUT2D eigenvalue weighted by atomic mass is 10.1. The Morgan fingerprint density at radius 3 is 2.32 bits per heavy atom. The zero-order chi connectivity index (χ0) is 13.7.